The van der Waals surface area contributed by atoms with Gasteiger partial charge in [0.2, 0.25) is 5.91 Å². The molecule has 7 heteroatoms. The molecule has 126 valence electrons. The van der Waals surface area contributed by atoms with Crippen LogP contribution >= 0.6 is 15.9 Å². The number of likely N-dealkylation sites (N-methyl/N-ethyl adjacent to an activating group) is 1. The molecule has 1 unspecified atom stereocenters. The Morgan fingerprint density at radius 2 is 2.00 bits per heavy atom. The molecule has 2 aromatic carbocycles. The van der Waals surface area contributed by atoms with Gasteiger partial charge < -0.3 is 5.32 Å². The van der Waals surface area contributed by atoms with Gasteiger partial charge in [0.1, 0.15) is 0 Å². The van der Waals surface area contributed by atoms with Crippen LogP contribution in [-0.4, -0.2) is 28.8 Å². The maximum Gasteiger partial charge on any atom is 0.271 e. The number of carbonyl (C=O) groups is 1. The molecule has 0 saturated carbocycles. The van der Waals surface area contributed by atoms with Crippen molar-refractivity contribution < 1.29 is 9.72 Å². The first kappa shape index (κ1) is 18.1. The van der Waals surface area contributed by atoms with Gasteiger partial charge in [-0.05, 0) is 31.7 Å². The van der Waals surface area contributed by atoms with E-state index in [1.54, 1.807) is 19.1 Å². The molecule has 1 N–H and O–H groups in total. The first-order valence-corrected chi connectivity index (χ1v) is 8.16. The third-order valence-electron chi connectivity index (χ3n) is 3.74. The molecule has 1 atom stereocenters. The molecule has 0 saturated heterocycles. The molecule has 2 rings (SSSR count). The molecular weight excluding hydrogens is 374 g/mol. The number of hydrogen-bond acceptors (Lipinski definition) is 4. The summed E-state index contributed by atoms with van der Waals surface area (Å²) in [5, 5.41) is 13.5. The molecule has 0 spiro atoms. The second-order valence-electron chi connectivity index (χ2n) is 5.48. The van der Waals surface area contributed by atoms with E-state index >= 15 is 0 Å². The van der Waals surface area contributed by atoms with Gasteiger partial charge in [-0.3, -0.25) is 19.8 Å². The van der Waals surface area contributed by atoms with Gasteiger partial charge in [-0.25, -0.2) is 0 Å². The standard InChI is InChI=1S/C17H18BrN3O3/c1-12(20(2)11-13-6-3-4-9-16(13)18)17(22)19-14-7-5-8-15(10-14)21(23)24/h3-10,12H,11H2,1-2H3,(H,19,22). The van der Waals surface area contributed by atoms with E-state index in [2.05, 4.69) is 21.2 Å². The van der Waals surface area contributed by atoms with Gasteiger partial charge in [0.25, 0.3) is 5.69 Å². The maximum absolute atomic E-state index is 12.4. The minimum absolute atomic E-state index is 0.0537. The lowest BCUT2D eigenvalue weighted by Gasteiger charge is -2.24. The van der Waals surface area contributed by atoms with Crippen molar-refractivity contribution in [1.29, 1.82) is 0 Å². The molecule has 0 aliphatic heterocycles. The number of anilines is 1. The molecular formula is C17H18BrN3O3. The van der Waals surface area contributed by atoms with Crippen LogP contribution in [0.3, 0.4) is 0 Å². The highest BCUT2D eigenvalue weighted by atomic mass is 79.9. The highest BCUT2D eigenvalue weighted by Crippen LogP contribution is 2.20. The number of halogens is 1. The third kappa shape index (κ3) is 4.62. The molecule has 24 heavy (non-hydrogen) atoms. The van der Waals surface area contributed by atoms with Crippen molar-refractivity contribution in [3.8, 4) is 0 Å². The normalized spacial score (nSPS) is 12.0. The van der Waals surface area contributed by atoms with Crippen molar-refractivity contribution >= 4 is 33.2 Å². The summed E-state index contributed by atoms with van der Waals surface area (Å²) in [6, 6.07) is 13.3. The van der Waals surface area contributed by atoms with Crippen molar-refractivity contribution in [3.63, 3.8) is 0 Å². The molecule has 0 bridgehead atoms. The topological polar surface area (TPSA) is 75.5 Å². The highest BCUT2D eigenvalue weighted by molar-refractivity contribution is 9.10. The first-order valence-electron chi connectivity index (χ1n) is 7.37. The lowest BCUT2D eigenvalue weighted by molar-refractivity contribution is -0.384. The van der Waals surface area contributed by atoms with Gasteiger partial charge in [0.05, 0.1) is 11.0 Å². The van der Waals surface area contributed by atoms with Gasteiger partial charge in [-0.15, -0.1) is 0 Å². The number of non-ortho nitro benzene ring substituents is 1. The number of hydrogen-bond donors (Lipinski definition) is 1. The van der Waals surface area contributed by atoms with E-state index in [1.807, 2.05) is 36.2 Å². The van der Waals surface area contributed by atoms with E-state index < -0.39 is 11.0 Å². The van der Waals surface area contributed by atoms with Crippen molar-refractivity contribution in [2.24, 2.45) is 0 Å². The zero-order valence-corrected chi connectivity index (χ0v) is 15.0. The van der Waals surface area contributed by atoms with Crippen LogP contribution < -0.4 is 5.32 Å². The Balaban J connectivity index is 2.02. The Morgan fingerprint density at radius 1 is 1.29 bits per heavy atom. The first-order chi connectivity index (χ1) is 11.4. The summed E-state index contributed by atoms with van der Waals surface area (Å²) < 4.78 is 0.989. The Labute approximate surface area is 148 Å². The summed E-state index contributed by atoms with van der Waals surface area (Å²) >= 11 is 3.50. The Morgan fingerprint density at radius 3 is 2.67 bits per heavy atom. The fourth-order valence-electron chi connectivity index (χ4n) is 2.18. The van der Waals surface area contributed by atoms with Crippen molar-refractivity contribution in [2.45, 2.75) is 19.5 Å². The van der Waals surface area contributed by atoms with E-state index in [4.69, 9.17) is 0 Å². The predicted molar refractivity (Wildman–Crippen MR) is 96.8 cm³/mol. The number of rotatable bonds is 6. The number of nitrogens with one attached hydrogen (secondary N) is 1. The summed E-state index contributed by atoms with van der Waals surface area (Å²) in [4.78, 5) is 24.6. The molecule has 0 aliphatic carbocycles. The zero-order valence-electron chi connectivity index (χ0n) is 13.4. The van der Waals surface area contributed by atoms with E-state index in [9.17, 15) is 14.9 Å². The number of nitro benzene ring substituents is 1. The quantitative estimate of drug-likeness (QED) is 0.599. The monoisotopic (exact) mass is 391 g/mol. The minimum atomic E-state index is -0.488. The van der Waals surface area contributed by atoms with Crippen LogP contribution in [0.1, 0.15) is 12.5 Å². The van der Waals surface area contributed by atoms with E-state index in [0.717, 1.165) is 10.0 Å². The lowest BCUT2D eigenvalue weighted by atomic mass is 10.2. The lowest BCUT2D eigenvalue weighted by Crippen LogP contribution is -2.39. The van der Waals surface area contributed by atoms with Crippen LogP contribution in [0.15, 0.2) is 53.0 Å². The third-order valence-corrected chi connectivity index (χ3v) is 4.52. The smallest absolute Gasteiger partial charge is 0.271 e. The predicted octanol–water partition coefficient (Wildman–Crippen LogP) is 3.82. The largest absolute Gasteiger partial charge is 0.324 e. The van der Waals surface area contributed by atoms with Crippen molar-refractivity contribution in [3.05, 3.63) is 68.7 Å². The van der Waals surface area contributed by atoms with Crippen LogP contribution in [-0.2, 0) is 11.3 Å². The molecule has 6 nitrogen and oxygen atoms in total. The van der Waals surface area contributed by atoms with Gasteiger partial charge in [-0.2, -0.15) is 0 Å². The highest BCUT2D eigenvalue weighted by Gasteiger charge is 2.19. The minimum Gasteiger partial charge on any atom is -0.324 e. The number of carbonyl (C=O) groups excluding carboxylic acids is 1. The summed E-state index contributed by atoms with van der Waals surface area (Å²) in [6.45, 7) is 2.40. The number of nitro groups is 1. The molecule has 1 amide bonds. The molecule has 2 aromatic rings. The van der Waals surface area contributed by atoms with Crippen LogP contribution in [0.5, 0.6) is 0 Å². The van der Waals surface area contributed by atoms with Gasteiger partial charge >= 0.3 is 0 Å². The zero-order chi connectivity index (χ0) is 17.7. The summed E-state index contributed by atoms with van der Waals surface area (Å²) in [5.41, 5.74) is 1.44. The van der Waals surface area contributed by atoms with Crippen molar-refractivity contribution in [2.75, 3.05) is 12.4 Å². The number of benzene rings is 2. The fourth-order valence-corrected chi connectivity index (χ4v) is 2.59. The van der Waals surface area contributed by atoms with Gasteiger partial charge in [-0.1, -0.05) is 40.2 Å². The Hall–Kier alpha value is -2.25. The molecule has 0 heterocycles. The second-order valence-corrected chi connectivity index (χ2v) is 6.33. The summed E-state index contributed by atoms with van der Waals surface area (Å²) in [5.74, 6) is -0.218. The summed E-state index contributed by atoms with van der Waals surface area (Å²) in [6.07, 6.45) is 0. The number of nitrogens with zero attached hydrogens (tertiary/aromatic N) is 2. The molecule has 0 radical (unpaired) electrons. The van der Waals surface area contributed by atoms with E-state index in [0.29, 0.717) is 12.2 Å². The Bertz CT molecular complexity index is 751. The van der Waals surface area contributed by atoms with E-state index in [1.165, 1.54) is 12.1 Å². The van der Waals surface area contributed by atoms with Crippen LogP contribution in [0.4, 0.5) is 11.4 Å². The van der Waals surface area contributed by atoms with Crippen LogP contribution in [0, 0.1) is 10.1 Å². The average Bonchev–Trinajstić information content (AvgIpc) is 2.56. The fraction of sp³-hybridized carbons (Fsp3) is 0.235. The van der Waals surface area contributed by atoms with Gasteiger partial charge in [0.15, 0.2) is 0 Å². The van der Waals surface area contributed by atoms with Gasteiger partial charge in [0, 0.05) is 28.8 Å². The average molecular weight is 392 g/mol. The molecule has 0 aliphatic rings. The molecule has 0 fully saturated rings. The van der Waals surface area contributed by atoms with E-state index in [-0.39, 0.29) is 11.6 Å². The van der Waals surface area contributed by atoms with Crippen LogP contribution in [0.2, 0.25) is 0 Å². The van der Waals surface area contributed by atoms with Crippen LogP contribution in [0.25, 0.3) is 0 Å². The maximum atomic E-state index is 12.4. The second kappa shape index (κ2) is 8.03. The summed E-state index contributed by atoms with van der Waals surface area (Å²) in [7, 11) is 1.86. The molecule has 0 aromatic heterocycles. The van der Waals surface area contributed by atoms with Crippen molar-refractivity contribution in [1.82, 2.24) is 4.90 Å². The Kier molecular flexibility index (Phi) is 6.05. The SMILES string of the molecule is CC(C(=O)Nc1cccc([N+](=O)[O-])c1)N(C)Cc1ccccc1Br. The number of amides is 1.